The van der Waals surface area contributed by atoms with Crippen molar-refractivity contribution in [2.45, 2.75) is 27.7 Å². The molecule has 1 N–H and O–H groups in total. The molecule has 0 atom stereocenters. The van der Waals surface area contributed by atoms with Crippen molar-refractivity contribution in [2.24, 2.45) is 0 Å². The molecule has 4 heteroatoms. The molecule has 2 aromatic carbocycles. The smallest absolute Gasteiger partial charge is 0.143 e. The van der Waals surface area contributed by atoms with Crippen molar-refractivity contribution >= 4 is 33.1 Å². The maximum Gasteiger partial charge on any atom is 0.143 e. The van der Waals surface area contributed by atoms with Crippen LogP contribution < -0.4 is 5.32 Å². The van der Waals surface area contributed by atoms with Gasteiger partial charge in [0.1, 0.15) is 17.0 Å². The summed E-state index contributed by atoms with van der Waals surface area (Å²) in [6.07, 6.45) is 1.64. The zero-order chi connectivity index (χ0) is 18.3. The molecule has 0 aliphatic carbocycles. The maximum absolute atomic E-state index is 4.57. The Labute approximate surface area is 157 Å². The number of aryl methyl sites for hydroxylation is 4. The van der Waals surface area contributed by atoms with Crippen molar-refractivity contribution in [3.63, 3.8) is 0 Å². The lowest BCUT2D eigenvalue weighted by Crippen LogP contribution is -1.98. The first-order chi connectivity index (χ1) is 12.5. The molecule has 2 heterocycles. The van der Waals surface area contributed by atoms with E-state index in [4.69, 9.17) is 0 Å². The van der Waals surface area contributed by atoms with Gasteiger partial charge in [0.2, 0.25) is 0 Å². The van der Waals surface area contributed by atoms with E-state index in [9.17, 15) is 0 Å². The maximum atomic E-state index is 4.57. The van der Waals surface area contributed by atoms with Crippen molar-refractivity contribution < 1.29 is 0 Å². The van der Waals surface area contributed by atoms with Crippen LogP contribution in [0.25, 0.3) is 21.3 Å². The highest BCUT2D eigenvalue weighted by atomic mass is 32.1. The van der Waals surface area contributed by atoms with Gasteiger partial charge in [0, 0.05) is 16.1 Å². The van der Waals surface area contributed by atoms with Gasteiger partial charge in [-0.3, -0.25) is 0 Å². The molecule has 26 heavy (non-hydrogen) atoms. The molecular formula is C22H21N3S. The van der Waals surface area contributed by atoms with Gasteiger partial charge in [-0.15, -0.1) is 11.3 Å². The first kappa shape index (κ1) is 16.7. The van der Waals surface area contributed by atoms with Crippen LogP contribution in [0.1, 0.15) is 21.6 Å². The first-order valence-corrected chi connectivity index (χ1v) is 9.50. The zero-order valence-corrected chi connectivity index (χ0v) is 16.2. The highest BCUT2D eigenvalue weighted by Crippen LogP contribution is 2.41. The topological polar surface area (TPSA) is 37.8 Å². The molecule has 0 aliphatic rings. The number of fused-ring (bicyclic) bond motifs is 1. The van der Waals surface area contributed by atoms with Crippen LogP contribution in [0.4, 0.5) is 11.5 Å². The minimum Gasteiger partial charge on any atom is -0.339 e. The fourth-order valence-corrected chi connectivity index (χ4v) is 4.30. The summed E-state index contributed by atoms with van der Waals surface area (Å²) in [5.74, 6) is 0.863. The van der Waals surface area contributed by atoms with E-state index < -0.39 is 0 Å². The summed E-state index contributed by atoms with van der Waals surface area (Å²) in [6.45, 7) is 8.49. The fourth-order valence-electron chi connectivity index (χ4n) is 3.29. The Balaban J connectivity index is 1.89. The molecule has 0 radical (unpaired) electrons. The third-order valence-electron chi connectivity index (χ3n) is 4.64. The lowest BCUT2D eigenvalue weighted by atomic mass is 10.0. The number of nitrogens with zero attached hydrogens (tertiary/aromatic N) is 2. The van der Waals surface area contributed by atoms with Crippen LogP contribution in [0, 0.1) is 27.7 Å². The van der Waals surface area contributed by atoms with Gasteiger partial charge >= 0.3 is 0 Å². The number of anilines is 2. The van der Waals surface area contributed by atoms with Crippen molar-refractivity contribution in [1.29, 1.82) is 0 Å². The Bertz CT molecular complexity index is 1090. The normalized spacial score (nSPS) is 11.1. The molecule has 0 bridgehead atoms. The van der Waals surface area contributed by atoms with Gasteiger partial charge in [0.15, 0.2) is 0 Å². The summed E-state index contributed by atoms with van der Waals surface area (Å²) in [6, 6.07) is 15.1. The Hall–Kier alpha value is -2.72. The molecule has 0 saturated carbocycles. The molecule has 2 aromatic heterocycles. The Morgan fingerprint density at radius 3 is 2.31 bits per heavy atom. The van der Waals surface area contributed by atoms with Gasteiger partial charge in [-0.2, -0.15) is 0 Å². The zero-order valence-electron chi connectivity index (χ0n) is 15.4. The van der Waals surface area contributed by atoms with Gasteiger partial charge in [-0.1, -0.05) is 47.5 Å². The molecule has 0 aliphatic heterocycles. The summed E-state index contributed by atoms with van der Waals surface area (Å²) >= 11 is 1.72. The molecule has 0 amide bonds. The monoisotopic (exact) mass is 359 g/mol. The number of hydrogen-bond acceptors (Lipinski definition) is 4. The van der Waals surface area contributed by atoms with E-state index in [1.54, 1.807) is 17.7 Å². The third kappa shape index (κ3) is 2.97. The van der Waals surface area contributed by atoms with E-state index in [2.05, 4.69) is 85.4 Å². The van der Waals surface area contributed by atoms with E-state index in [-0.39, 0.29) is 0 Å². The molecule has 0 saturated heterocycles. The number of rotatable bonds is 3. The molecule has 4 rings (SSSR count). The predicted octanol–water partition coefficient (Wildman–Crippen LogP) is 6.34. The number of thiophene rings is 1. The second-order valence-electron chi connectivity index (χ2n) is 6.75. The summed E-state index contributed by atoms with van der Waals surface area (Å²) in [5, 5.41) is 4.63. The molecular weight excluding hydrogens is 338 g/mol. The number of aromatic nitrogens is 2. The van der Waals surface area contributed by atoms with Gasteiger partial charge in [-0.05, 0) is 44.9 Å². The largest absolute Gasteiger partial charge is 0.339 e. The minimum atomic E-state index is 0.863. The second kappa shape index (κ2) is 6.54. The summed E-state index contributed by atoms with van der Waals surface area (Å²) in [7, 11) is 0. The van der Waals surface area contributed by atoms with Crippen LogP contribution in [0.2, 0.25) is 0 Å². The van der Waals surface area contributed by atoms with Crippen molar-refractivity contribution in [2.75, 3.05) is 5.32 Å². The Kier molecular flexibility index (Phi) is 4.21. The molecule has 3 nitrogen and oxygen atoms in total. The fraction of sp³-hybridized carbons (Fsp3) is 0.182. The Morgan fingerprint density at radius 2 is 1.58 bits per heavy atom. The highest BCUT2D eigenvalue weighted by Gasteiger charge is 2.17. The van der Waals surface area contributed by atoms with Crippen molar-refractivity contribution in [1.82, 2.24) is 9.97 Å². The van der Waals surface area contributed by atoms with Gasteiger partial charge in [0.25, 0.3) is 0 Å². The van der Waals surface area contributed by atoms with E-state index in [0.29, 0.717) is 0 Å². The Morgan fingerprint density at radius 1 is 0.846 bits per heavy atom. The van der Waals surface area contributed by atoms with Crippen LogP contribution >= 0.6 is 11.3 Å². The quantitative estimate of drug-likeness (QED) is 0.464. The molecule has 0 unspecified atom stereocenters. The molecule has 4 aromatic rings. The third-order valence-corrected chi connectivity index (χ3v) is 5.65. The second-order valence-corrected chi connectivity index (χ2v) is 7.95. The lowest BCUT2D eigenvalue weighted by molar-refractivity contribution is 1.22. The van der Waals surface area contributed by atoms with Gasteiger partial charge in [-0.25, -0.2) is 9.97 Å². The number of hydrogen-bond donors (Lipinski definition) is 1. The molecule has 130 valence electrons. The van der Waals surface area contributed by atoms with E-state index in [1.165, 1.54) is 32.7 Å². The van der Waals surface area contributed by atoms with E-state index in [1.807, 2.05) is 0 Å². The van der Waals surface area contributed by atoms with Crippen LogP contribution in [0.5, 0.6) is 0 Å². The van der Waals surface area contributed by atoms with E-state index in [0.717, 1.165) is 21.7 Å². The average molecular weight is 359 g/mol. The van der Waals surface area contributed by atoms with E-state index >= 15 is 0 Å². The van der Waals surface area contributed by atoms with Crippen LogP contribution in [-0.4, -0.2) is 9.97 Å². The minimum absolute atomic E-state index is 0.863. The highest BCUT2D eigenvalue weighted by molar-refractivity contribution is 7.19. The molecule has 0 fully saturated rings. The van der Waals surface area contributed by atoms with Crippen LogP contribution in [0.15, 0.2) is 48.8 Å². The van der Waals surface area contributed by atoms with Crippen LogP contribution in [0.3, 0.4) is 0 Å². The lowest BCUT2D eigenvalue weighted by Gasteiger charge is -2.12. The summed E-state index contributed by atoms with van der Waals surface area (Å²) in [4.78, 5) is 11.4. The standard InChI is InChI=1S/C22H21N3S/c1-13-5-8-17(9-6-13)19-16(4)26-22-20(19)21(23-12-24-22)25-18-10-7-14(2)11-15(18)3/h5-12H,1-4H3,(H,23,24,25). The SMILES string of the molecule is Cc1ccc(-c2c(C)sc3ncnc(Nc4ccc(C)cc4C)c23)cc1. The van der Waals surface area contributed by atoms with Gasteiger partial charge < -0.3 is 5.32 Å². The van der Waals surface area contributed by atoms with Crippen LogP contribution in [-0.2, 0) is 0 Å². The summed E-state index contributed by atoms with van der Waals surface area (Å²) < 4.78 is 0. The predicted molar refractivity (Wildman–Crippen MR) is 112 cm³/mol. The van der Waals surface area contributed by atoms with Crippen molar-refractivity contribution in [3.8, 4) is 11.1 Å². The number of benzene rings is 2. The first-order valence-electron chi connectivity index (χ1n) is 8.68. The van der Waals surface area contributed by atoms with Crippen molar-refractivity contribution in [3.05, 3.63) is 70.4 Å². The molecule has 0 spiro atoms. The average Bonchev–Trinajstić information content (AvgIpc) is 2.95. The number of nitrogens with one attached hydrogen (secondary N) is 1. The summed E-state index contributed by atoms with van der Waals surface area (Å²) in [5.41, 5.74) is 7.23. The van der Waals surface area contributed by atoms with Gasteiger partial charge in [0.05, 0.1) is 5.39 Å².